The summed E-state index contributed by atoms with van der Waals surface area (Å²) >= 11 is 0. The Morgan fingerprint density at radius 3 is 2.96 bits per heavy atom. The van der Waals surface area contributed by atoms with Gasteiger partial charge >= 0.3 is 0 Å². The summed E-state index contributed by atoms with van der Waals surface area (Å²) in [4.78, 5) is 14.4. The van der Waals surface area contributed by atoms with Gasteiger partial charge in [-0.2, -0.15) is 0 Å². The highest BCUT2D eigenvalue weighted by Gasteiger charge is 2.18. The van der Waals surface area contributed by atoms with E-state index in [4.69, 9.17) is 9.47 Å². The number of ether oxygens (including phenoxy) is 2. The van der Waals surface area contributed by atoms with Crippen molar-refractivity contribution >= 4 is 5.91 Å². The smallest absolute Gasteiger partial charge is 0.220 e. The lowest BCUT2D eigenvalue weighted by Crippen LogP contribution is -2.38. The molecule has 156 valence electrons. The van der Waals surface area contributed by atoms with Crippen molar-refractivity contribution in [2.45, 2.75) is 44.7 Å². The molecule has 6 nitrogen and oxygen atoms in total. The summed E-state index contributed by atoms with van der Waals surface area (Å²) in [6.45, 7) is 5.99. The van der Waals surface area contributed by atoms with Gasteiger partial charge < -0.3 is 20.1 Å². The van der Waals surface area contributed by atoms with Gasteiger partial charge in [-0.25, -0.2) is 0 Å². The maximum Gasteiger partial charge on any atom is 0.220 e. The van der Waals surface area contributed by atoms with Crippen LogP contribution in [0.3, 0.4) is 0 Å². The van der Waals surface area contributed by atoms with Crippen molar-refractivity contribution in [1.29, 1.82) is 0 Å². The lowest BCUT2D eigenvalue weighted by atomic mass is 10.0. The third kappa shape index (κ3) is 7.08. The van der Waals surface area contributed by atoms with Crippen LogP contribution < -0.4 is 15.4 Å². The second kappa shape index (κ2) is 11.4. The van der Waals surface area contributed by atoms with Gasteiger partial charge in [-0.15, -0.1) is 0 Å². The number of amides is 1. The van der Waals surface area contributed by atoms with Crippen LogP contribution in [0.4, 0.5) is 0 Å². The summed E-state index contributed by atoms with van der Waals surface area (Å²) < 4.78 is 11.4. The standard InChI is InChI=1S/C22H35N3O3/c1-25(20-8-12-27-13-9-20)11-14-28-21-4-2-3-19(15-21)17-24-22(26)6-5-18-7-10-23-16-18/h2-4,15,18,20,23H,5-14,16-17H2,1H3,(H,24,26). The van der Waals surface area contributed by atoms with Crippen molar-refractivity contribution in [3.8, 4) is 5.75 Å². The van der Waals surface area contributed by atoms with Crippen molar-refractivity contribution < 1.29 is 14.3 Å². The molecule has 3 rings (SSSR count). The van der Waals surface area contributed by atoms with Crippen LogP contribution in [0.1, 0.15) is 37.7 Å². The number of likely N-dealkylation sites (N-methyl/N-ethyl adjacent to an activating group) is 1. The molecule has 2 aliphatic rings. The van der Waals surface area contributed by atoms with Gasteiger partial charge in [0.1, 0.15) is 12.4 Å². The Morgan fingerprint density at radius 1 is 1.32 bits per heavy atom. The van der Waals surface area contributed by atoms with E-state index in [0.717, 1.165) is 63.4 Å². The van der Waals surface area contributed by atoms with Crippen LogP contribution in [0.15, 0.2) is 24.3 Å². The van der Waals surface area contributed by atoms with Gasteiger partial charge in [-0.05, 0) is 69.4 Å². The van der Waals surface area contributed by atoms with Gasteiger partial charge in [0.05, 0.1) is 0 Å². The lowest BCUT2D eigenvalue weighted by Gasteiger charge is -2.31. The van der Waals surface area contributed by atoms with Gasteiger partial charge in [-0.3, -0.25) is 9.69 Å². The van der Waals surface area contributed by atoms with E-state index in [1.165, 1.54) is 6.42 Å². The number of rotatable bonds is 10. The number of carbonyl (C=O) groups is 1. The normalized spacial score (nSPS) is 20.4. The zero-order valence-electron chi connectivity index (χ0n) is 17.1. The Balaban J connectivity index is 1.34. The number of nitrogens with zero attached hydrogens (tertiary/aromatic N) is 1. The Morgan fingerprint density at radius 2 is 2.18 bits per heavy atom. The predicted molar refractivity (Wildman–Crippen MR) is 110 cm³/mol. The van der Waals surface area contributed by atoms with Crippen molar-refractivity contribution in [2.75, 3.05) is 46.5 Å². The van der Waals surface area contributed by atoms with Gasteiger partial charge in [0.2, 0.25) is 5.91 Å². The molecule has 2 aliphatic heterocycles. The topological polar surface area (TPSA) is 62.8 Å². The predicted octanol–water partition coefficient (Wildman–Crippen LogP) is 2.18. The minimum atomic E-state index is 0.135. The fourth-order valence-electron chi connectivity index (χ4n) is 3.95. The van der Waals surface area contributed by atoms with Crippen molar-refractivity contribution in [2.24, 2.45) is 5.92 Å². The molecule has 0 spiro atoms. The summed E-state index contributed by atoms with van der Waals surface area (Å²) in [5.41, 5.74) is 1.08. The Hall–Kier alpha value is -1.63. The fourth-order valence-corrected chi connectivity index (χ4v) is 3.95. The Labute approximate surface area is 169 Å². The zero-order chi connectivity index (χ0) is 19.6. The lowest BCUT2D eigenvalue weighted by molar-refractivity contribution is -0.121. The Bertz CT molecular complexity index is 598. The molecule has 1 unspecified atom stereocenters. The summed E-state index contributed by atoms with van der Waals surface area (Å²) in [7, 11) is 2.16. The van der Waals surface area contributed by atoms with E-state index >= 15 is 0 Å². The minimum absolute atomic E-state index is 0.135. The van der Waals surface area contributed by atoms with E-state index in [9.17, 15) is 4.79 Å². The van der Waals surface area contributed by atoms with E-state index < -0.39 is 0 Å². The van der Waals surface area contributed by atoms with E-state index in [1.807, 2.05) is 24.3 Å². The van der Waals surface area contributed by atoms with Gasteiger partial charge in [0.15, 0.2) is 0 Å². The number of carbonyl (C=O) groups excluding carboxylic acids is 1. The SMILES string of the molecule is CN(CCOc1cccc(CNC(=O)CCC2CCNC2)c1)C1CCOCC1. The first-order chi connectivity index (χ1) is 13.7. The van der Waals surface area contributed by atoms with Crippen molar-refractivity contribution in [3.05, 3.63) is 29.8 Å². The van der Waals surface area contributed by atoms with Gasteiger partial charge in [0, 0.05) is 38.8 Å². The molecular formula is C22H35N3O3. The number of hydrogen-bond donors (Lipinski definition) is 2. The molecule has 2 heterocycles. The number of nitrogens with one attached hydrogen (secondary N) is 2. The molecule has 0 radical (unpaired) electrons. The average Bonchev–Trinajstić information content (AvgIpc) is 3.25. The fraction of sp³-hybridized carbons (Fsp3) is 0.682. The molecule has 0 bridgehead atoms. The molecule has 0 aromatic heterocycles. The summed E-state index contributed by atoms with van der Waals surface area (Å²) in [6, 6.07) is 8.62. The minimum Gasteiger partial charge on any atom is -0.492 e. The molecule has 1 aromatic carbocycles. The van der Waals surface area contributed by atoms with Crippen LogP contribution in [-0.4, -0.2) is 63.4 Å². The number of benzene rings is 1. The molecule has 2 saturated heterocycles. The first-order valence-electron chi connectivity index (χ1n) is 10.7. The molecule has 1 aromatic rings. The molecule has 6 heteroatoms. The van der Waals surface area contributed by atoms with E-state index in [-0.39, 0.29) is 5.91 Å². The van der Waals surface area contributed by atoms with Gasteiger partial charge in [-0.1, -0.05) is 12.1 Å². The quantitative estimate of drug-likeness (QED) is 0.642. The first-order valence-corrected chi connectivity index (χ1v) is 10.7. The summed E-state index contributed by atoms with van der Waals surface area (Å²) in [5.74, 6) is 1.65. The Kier molecular flexibility index (Phi) is 8.58. The highest BCUT2D eigenvalue weighted by Crippen LogP contribution is 2.16. The molecule has 2 fully saturated rings. The van der Waals surface area contributed by atoms with Crippen LogP contribution >= 0.6 is 0 Å². The van der Waals surface area contributed by atoms with Crippen LogP contribution in [0.25, 0.3) is 0 Å². The third-order valence-corrected chi connectivity index (χ3v) is 5.86. The molecule has 0 aliphatic carbocycles. The molecule has 1 amide bonds. The second-order valence-corrected chi connectivity index (χ2v) is 7.99. The van der Waals surface area contributed by atoms with Crippen LogP contribution in [0.5, 0.6) is 5.75 Å². The monoisotopic (exact) mass is 389 g/mol. The van der Waals surface area contributed by atoms with Crippen LogP contribution in [0, 0.1) is 5.92 Å². The first kappa shape index (κ1) is 21.1. The highest BCUT2D eigenvalue weighted by atomic mass is 16.5. The maximum absolute atomic E-state index is 12.1. The van der Waals surface area contributed by atoms with Crippen LogP contribution in [0.2, 0.25) is 0 Å². The third-order valence-electron chi connectivity index (χ3n) is 5.86. The molecule has 0 saturated carbocycles. The maximum atomic E-state index is 12.1. The summed E-state index contributed by atoms with van der Waals surface area (Å²) in [5, 5.41) is 6.38. The molecular weight excluding hydrogens is 354 g/mol. The van der Waals surface area contributed by atoms with E-state index in [2.05, 4.69) is 22.6 Å². The van der Waals surface area contributed by atoms with E-state index in [0.29, 0.717) is 31.5 Å². The highest BCUT2D eigenvalue weighted by molar-refractivity contribution is 5.75. The molecule has 28 heavy (non-hydrogen) atoms. The second-order valence-electron chi connectivity index (χ2n) is 7.99. The van der Waals surface area contributed by atoms with Crippen molar-refractivity contribution in [3.63, 3.8) is 0 Å². The van der Waals surface area contributed by atoms with E-state index in [1.54, 1.807) is 0 Å². The van der Waals surface area contributed by atoms with Gasteiger partial charge in [0.25, 0.3) is 0 Å². The van der Waals surface area contributed by atoms with Crippen LogP contribution in [-0.2, 0) is 16.1 Å². The average molecular weight is 390 g/mol. The summed E-state index contributed by atoms with van der Waals surface area (Å²) in [6.07, 6.45) is 4.98. The zero-order valence-corrected chi connectivity index (χ0v) is 17.1. The molecule has 1 atom stereocenters. The largest absolute Gasteiger partial charge is 0.492 e. The molecule has 2 N–H and O–H groups in total. The number of hydrogen-bond acceptors (Lipinski definition) is 5. The van der Waals surface area contributed by atoms with Crippen molar-refractivity contribution in [1.82, 2.24) is 15.5 Å².